The van der Waals surface area contributed by atoms with E-state index < -0.39 is 5.97 Å². The van der Waals surface area contributed by atoms with Gasteiger partial charge in [0.05, 0.1) is 17.5 Å². The van der Waals surface area contributed by atoms with Crippen LogP contribution in [-0.4, -0.2) is 20.6 Å². The third-order valence-electron chi connectivity index (χ3n) is 3.81. The largest absolute Gasteiger partial charge is 0.481 e. The molecule has 1 heterocycles. The van der Waals surface area contributed by atoms with Crippen molar-refractivity contribution >= 4 is 17.0 Å². The van der Waals surface area contributed by atoms with Gasteiger partial charge in [-0.05, 0) is 30.5 Å². The molecule has 2 aromatic rings. The number of imidazole rings is 1. The molecule has 1 aromatic heterocycles. The van der Waals surface area contributed by atoms with Gasteiger partial charge in [-0.3, -0.25) is 4.79 Å². The number of aliphatic carboxylic acids is 1. The summed E-state index contributed by atoms with van der Waals surface area (Å²) in [7, 11) is 2.02. The molecule has 1 aliphatic carbocycles. The van der Waals surface area contributed by atoms with Gasteiger partial charge in [0, 0.05) is 13.0 Å². The van der Waals surface area contributed by atoms with E-state index in [0.29, 0.717) is 5.92 Å². The van der Waals surface area contributed by atoms with Crippen LogP contribution in [-0.2, 0) is 18.3 Å². The third-order valence-corrected chi connectivity index (χ3v) is 3.81. The Labute approximate surface area is 105 Å². The van der Waals surface area contributed by atoms with Crippen LogP contribution in [0.4, 0.5) is 0 Å². The predicted molar refractivity (Wildman–Crippen MR) is 68.6 cm³/mol. The lowest BCUT2D eigenvalue weighted by molar-refractivity contribution is -0.136. The van der Waals surface area contributed by atoms with E-state index in [1.807, 2.05) is 25.2 Å². The monoisotopic (exact) mass is 244 g/mol. The zero-order valence-electron chi connectivity index (χ0n) is 10.4. The number of nitrogens with zero attached hydrogens (tertiary/aromatic N) is 2. The molecule has 0 atom stereocenters. The highest BCUT2D eigenvalue weighted by atomic mass is 16.4. The Morgan fingerprint density at radius 2 is 2.28 bits per heavy atom. The van der Waals surface area contributed by atoms with Crippen molar-refractivity contribution in [2.24, 2.45) is 7.05 Å². The summed E-state index contributed by atoms with van der Waals surface area (Å²) in [5.74, 6) is 0.935. The second-order valence-corrected chi connectivity index (χ2v) is 5.05. The standard InChI is InChI=1S/C14H16N2O2/c1-16-12-7-9(8-13(17)18)5-6-11(12)15-14(16)10-3-2-4-10/h5-7,10H,2-4,8H2,1H3,(H,17,18). The zero-order valence-corrected chi connectivity index (χ0v) is 10.4. The number of hydrogen-bond donors (Lipinski definition) is 1. The normalized spacial score (nSPS) is 15.8. The van der Waals surface area contributed by atoms with Crippen molar-refractivity contribution in [1.29, 1.82) is 0 Å². The van der Waals surface area contributed by atoms with Gasteiger partial charge in [-0.25, -0.2) is 4.98 Å². The van der Waals surface area contributed by atoms with Crippen LogP contribution >= 0.6 is 0 Å². The SMILES string of the molecule is Cn1c(C2CCC2)nc2ccc(CC(=O)O)cc21. The molecule has 0 unspecified atom stereocenters. The molecule has 0 saturated heterocycles. The average molecular weight is 244 g/mol. The number of fused-ring (bicyclic) bond motifs is 1. The minimum absolute atomic E-state index is 0.0693. The third kappa shape index (κ3) is 1.78. The van der Waals surface area contributed by atoms with E-state index in [0.717, 1.165) is 22.4 Å². The van der Waals surface area contributed by atoms with Gasteiger partial charge >= 0.3 is 5.97 Å². The molecule has 0 amide bonds. The number of rotatable bonds is 3. The maximum absolute atomic E-state index is 10.7. The number of carbonyl (C=O) groups is 1. The first kappa shape index (κ1) is 11.3. The lowest BCUT2D eigenvalue weighted by Crippen LogP contribution is -2.13. The molecular weight excluding hydrogens is 228 g/mol. The van der Waals surface area contributed by atoms with Crippen LogP contribution in [0, 0.1) is 0 Å². The van der Waals surface area contributed by atoms with Crippen molar-refractivity contribution in [2.75, 3.05) is 0 Å². The Morgan fingerprint density at radius 3 is 2.89 bits per heavy atom. The van der Waals surface area contributed by atoms with Crippen LogP contribution in [0.3, 0.4) is 0 Å². The minimum atomic E-state index is -0.796. The number of carboxylic acids is 1. The van der Waals surface area contributed by atoms with E-state index in [4.69, 9.17) is 5.11 Å². The fraction of sp³-hybridized carbons (Fsp3) is 0.429. The Hall–Kier alpha value is -1.84. The Bertz CT molecular complexity index is 612. The summed E-state index contributed by atoms with van der Waals surface area (Å²) in [5.41, 5.74) is 2.84. The predicted octanol–water partition coefficient (Wildman–Crippen LogP) is 2.47. The van der Waals surface area contributed by atoms with Crippen LogP contribution in [0.15, 0.2) is 18.2 Å². The molecule has 0 spiro atoms. The van der Waals surface area contributed by atoms with Gasteiger partial charge in [0.1, 0.15) is 5.82 Å². The van der Waals surface area contributed by atoms with Gasteiger partial charge in [0.25, 0.3) is 0 Å². The van der Waals surface area contributed by atoms with Crippen LogP contribution in [0.1, 0.15) is 36.6 Å². The molecular formula is C14H16N2O2. The number of hydrogen-bond acceptors (Lipinski definition) is 2. The average Bonchev–Trinajstić information content (AvgIpc) is 2.54. The van der Waals surface area contributed by atoms with E-state index in [1.165, 1.54) is 19.3 Å². The number of aromatic nitrogens is 2. The molecule has 1 aromatic carbocycles. The van der Waals surface area contributed by atoms with E-state index in [1.54, 1.807) is 0 Å². The van der Waals surface area contributed by atoms with E-state index in [2.05, 4.69) is 9.55 Å². The van der Waals surface area contributed by atoms with Crippen molar-refractivity contribution in [2.45, 2.75) is 31.6 Å². The molecule has 94 valence electrons. The Morgan fingerprint density at radius 1 is 1.50 bits per heavy atom. The molecule has 1 aliphatic rings. The summed E-state index contributed by atoms with van der Waals surface area (Å²) < 4.78 is 2.12. The van der Waals surface area contributed by atoms with Crippen molar-refractivity contribution in [3.05, 3.63) is 29.6 Å². The quantitative estimate of drug-likeness (QED) is 0.902. The van der Waals surface area contributed by atoms with Gasteiger partial charge in [-0.2, -0.15) is 0 Å². The smallest absolute Gasteiger partial charge is 0.307 e. The second-order valence-electron chi connectivity index (χ2n) is 5.05. The highest BCUT2D eigenvalue weighted by Crippen LogP contribution is 2.36. The van der Waals surface area contributed by atoms with Crippen molar-refractivity contribution in [3.63, 3.8) is 0 Å². The van der Waals surface area contributed by atoms with E-state index in [-0.39, 0.29) is 6.42 Å². The summed E-state index contributed by atoms with van der Waals surface area (Å²) >= 11 is 0. The summed E-state index contributed by atoms with van der Waals surface area (Å²) in [6, 6.07) is 5.72. The maximum Gasteiger partial charge on any atom is 0.307 e. The lowest BCUT2D eigenvalue weighted by atomic mass is 9.85. The number of benzene rings is 1. The second kappa shape index (κ2) is 4.12. The highest BCUT2D eigenvalue weighted by molar-refractivity contribution is 5.79. The highest BCUT2D eigenvalue weighted by Gasteiger charge is 2.24. The summed E-state index contributed by atoms with van der Waals surface area (Å²) in [5, 5.41) is 8.83. The maximum atomic E-state index is 10.7. The molecule has 1 N–H and O–H groups in total. The van der Waals surface area contributed by atoms with Gasteiger partial charge in [-0.1, -0.05) is 12.5 Å². The summed E-state index contributed by atoms with van der Waals surface area (Å²) in [4.78, 5) is 15.4. The van der Waals surface area contributed by atoms with Gasteiger partial charge in [0.2, 0.25) is 0 Å². The molecule has 1 saturated carbocycles. The van der Waals surface area contributed by atoms with Crippen molar-refractivity contribution < 1.29 is 9.90 Å². The van der Waals surface area contributed by atoms with Gasteiger partial charge in [-0.15, -0.1) is 0 Å². The molecule has 1 fully saturated rings. The van der Waals surface area contributed by atoms with Crippen LogP contribution in [0.2, 0.25) is 0 Å². The van der Waals surface area contributed by atoms with Crippen LogP contribution in [0.5, 0.6) is 0 Å². The Kier molecular flexibility index (Phi) is 2.58. The fourth-order valence-electron chi connectivity index (χ4n) is 2.57. The molecule has 0 bridgehead atoms. The lowest BCUT2D eigenvalue weighted by Gasteiger charge is -2.24. The van der Waals surface area contributed by atoms with Crippen LogP contribution < -0.4 is 0 Å². The van der Waals surface area contributed by atoms with Gasteiger partial charge < -0.3 is 9.67 Å². The molecule has 4 nitrogen and oxygen atoms in total. The zero-order chi connectivity index (χ0) is 12.7. The first-order chi connectivity index (χ1) is 8.65. The number of aryl methyl sites for hydroxylation is 1. The molecule has 3 rings (SSSR count). The minimum Gasteiger partial charge on any atom is -0.481 e. The molecule has 0 aliphatic heterocycles. The van der Waals surface area contributed by atoms with E-state index >= 15 is 0 Å². The summed E-state index contributed by atoms with van der Waals surface area (Å²) in [6.45, 7) is 0. The molecule has 0 radical (unpaired) electrons. The van der Waals surface area contributed by atoms with Crippen LogP contribution in [0.25, 0.3) is 11.0 Å². The topological polar surface area (TPSA) is 55.1 Å². The number of carboxylic acid groups (broad SMARTS) is 1. The molecule has 18 heavy (non-hydrogen) atoms. The summed E-state index contributed by atoms with van der Waals surface area (Å²) in [6.07, 6.45) is 3.80. The van der Waals surface area contributed by atoms with Crippen molar-refractivity contribution in [1.82, 2.24) is 9.55 Å². The van der Waals surface area contributed by atoms with E-state index in [9.17, 15) is 4.79 Å². The first-order valence-corrected chi connectivity index (χ1v) is 6.32. The Balaban J connectivity index is 2.04. The first-order valence-electron chi connectivity index (χ1n) is 6.32. The van der Waals surface area contributed by atoms with Crippen molar-refractivity contribution in [3.8, 4) is 0 Å². The molecule has 4 heteroatoms. The fourth-order valence-corrected chi connectivity index (χ4v) is 2.57. The van der Waals surface area contributed by atoms with Gasteiger partial charge in [0.15, 0.2) is 0 Å².